The smallest absolute Gasteiger partial charge is 0.250 e. The monoisotopic (exact) mass is 256 g/mol. The summed E-state index contributed by atoms with van der Waals surface area (Å²) in [5.41, 5.74) is 7.43. The number of nitrogens with two attached hydrogens (primary N) is 1. The van der Waals surface area contributed by atoms with Crippen LogP contribution in [0.15, 0.2) is 18.3 Å². The van der Waals surface area contributed by atoms with Gasteiger partial charge in [0.1, 0.15) is 5.82 Å². The Morgan fingerprint density at radius 2 is 2.26 bits per heavy atom. The predicted molar refractivity (Wildman–Crippen MR) is 74.2 cm³/mol. The fourth-order valence-electron chi connectivity index (χ4n) is 2.42. The maximum Gasteiger partial charge on any atom is 0.250 e. The van der Waals surface area contributed by atoms with Gasteiger partial charge in [-0.05, 0) is 38.0 Å². The first-order valence-electron chi connectivity index (χ1n) is 6.40. The average molecular weight is 256 g/mol. The lowest BCUT2D eigenvalue weighted by Crippen LogP contribution is -2.46. The van der Waals surface area contributed by atoms with E-state index in [0.29, 0.717) is 17.3 Å². The minimum absolute atomic E-state index is 0.416. The van der Waals surface area contributed by atoms with Crippen LogP contribution in [0.1, 0.15) is 29.3 Å². The molecule has 3 heterocycles. The lowest BCUT2D eigenvalue weighted by Gasteiger charge is -2.40. The molecule has 1 saturated heterocycles. The van der Waals surface area contributed by atoms with E-state index in [9.17, 15) is 4.79 Å². The fourth-order valence-corrected chi connectivity index (χ4v) is 2.42. The molecule has 0 saturated carbocycles. The molecule has 5 nitrogen and oxygen atoms in total. The van der Waals surface area contributed by atoms with E-state index >= 15 is 0 Å². The average Bonchev–Trinajstić information content (AvgIpc) is 2.37. The van der Waals surface area contributed by atoms with Gasteiger partial charge in [-0.15, -0.1) is 0 Å². The molecule has 2 aromatic heterocycles. The summed E-state index contributed by atoms with van der Waals surface area (Å²) in [6.45, 7) is 5.27. The third-order valence-corrected chi connectivity index (χ3v) is 3.71. The van der Waals surface area contributed by atoms with Gasteiger partial charge in [-0.1, -0.05) is 0 Å². The van der Waals surface area contributed by atoms with Crippen molar-refractivity contribution >= 4 is 22.8 Å². The molecule has 0 spiro atoms. The number of hydrogen-bond donors (Lipinski definition) is 1. The van der Waals surface area contributed by atoms with Crippen LogP contribution in [0.4, 0.5) is 5.82 Å². The highest BCUT2D eigenvalue weighted by molar-refractivity contribution is 5.95. The van der Waals surface area contributed by atoms with Crippen molar-refractivity contribution in [2.45, 2.75) is 26.3 Å². The van der Waals surface area contributed by atoms with E-state index in [1.165, 1.54) is 12.6 Å². The summed E-state index contributed by atoms with van der Waals surface area (Å²) in [6.07, 6.45) is 2.68. The number of anilines is 1. The summed E-state index contributed by atoms with van der Waals surface area (Å²) >= 11 is 0. The predicted octanol–water partition coefficient (Wildman–Crippen LogP) is 1.64. The number of nitrogens with zero attached hydrogens (tertiary/aromatic N) is 3. The molecular formula is C14H16N4O. The van der Waals surface area contributed by atoms with Gasteiger partial charge in [0.15, 0.2) is 5.65 Å². The van der Waals surface area contributed by atoms with Crippen LogP contribution in [-0.4, -0.2) is 28.5 Å². The van der Waals surface area contributed by atoms with E-state index in [4.69, 9.17) is 5.73 Å². The highest BCUT2D eigenvalue weighted by atomic mass is 16.1. The molecule has 0 aromatic carbocycles. The van der Waals surface area contributed by atoms with E-state index < -0.39 is 5.91 Å². The Morgan fingerprint density at radius 3 is 2.84 bits per heavy atom. The topological polar surface area (TPSA) is 72.1 Å². The third-order valence-electron chi connectivity index (χ3n) is 3.71. The van der Waals surface area contributed by atoms with E-state index in [1.54, 1.807) is 6.07 Å². The van der Waals surface area contributed by atoms with Crippen LogP contribution in [0, 0.1) is 6.92 Å². The van der Waals surface area contributed by atoms with E-state index in [0.717, 1.165) is 23.3 Å². The fraction of sp³-hybridized carbons (Fsp3) is 0.357. The first-order chi connectivity index (χ1) is 9.06. The van der Waals surface area contributed by atoms with Gasteiger partial charge < -0.3 is 10.6 Å². The summed E-state index contributed by atoms with van der Waals surface area (Å²) in [7, 11) is 0. The molecule has 2 N–H and O–H groups in total. The first-order valence-corrected chi connectivity index (χ1v) is 6.40. The molecule has 1 fully saturated rings. The Morgan fingerprint density at radius 1 is 1.47 bits per heavy atom. The minimum Gasteiger partial charge on any atom is -0.366 e. The Balaban J connectivity index is 2.11. The third kappa shape index (κ3) is 1.91. The number of fused-ring (bicyclic) bond motifs is 1. The number of carbonyl (C=O) groups is 1. The molecule has 0 bridgehead atoms. The normalized spacial score (nSPS) is 18.4. The largest absolute Gasteiger partial charge is 0.366 e. The Hall–Kier alpha value is -2.17. The summed E-state index contributed by atoms with van der Waals surface area (Å²) in [5.74, 6) is 0.526. The van der Waals surface area contributed by atoms with Gasteiger partial charge in [-0.3, -0.25) is 4.79 Å². The van der Waals surface area contributed by atoms with Crippen LogP contribution < -0.4 is 10.6 Å². The van der Waals surface area contributed by atoms with Crippen LogP contribution in [0.3, 0.4) is 0 Å². The Kier molecular flexibility index (Phi) is 2.62. The molecule has 0 unspecified atom stereocenters. The van der Waals surface area contributed by atoms with Gasteiger partial charge in [0, 0.05) is 24.2 Å². The molecule has 1 aliphatic heterocycles. The Labute approximate surface area is 111 Å². The highest BCUT2D eigenvalue weighted by Crippen LogP contribution is 2.29. The second-order valence-electron chi connectivity index (χ2n) is 5.09. The van der Waals surface area contributed by atoms with Crippen molar-refractivity contribution in [2.75, 3.05) is 11.4 Å². The number of aryl methyl sites for hydroxylation is 1. The number of aromatic nitrogens is 2. The quantitative estimate of drug-likeness (QED) is 0.886. The standard InChI is InChI=1S/C14H16N4O/c1-8-5-10-6-11(12(15)19)7-16-13(10)17-14(8)18-4-3-9(18)2/h5-7,9H,3-4H2,1-2H3,(H2,15,19)/t9-/m0/s1. The SMILES string of the molecule is Cc1cc2cc(C(N)=O)cnc2nc1N1CC[C@@H]1C. The molecule has 1 amide bonds. The minimum atomic E-state index is -0.465. The zero-order valence-corrected chi connectivity index (χ0v) is 11.1. The molecule has 19 heavy (non-hydrogen) atoms. The number of primary amides is 1. The maximum absolute atomic E-state index is 11.2. The summed E-state index contributed by atoms with van der Waals surface area (Å²) in [6, 6.07) is 4.30. The number of pyridine rings is 2. The first kappa shape index (κ1) is 11.9. The summed E-state index contributed by atoms with van der Waals surface area (Å²) in [4.78, 5) is 22.3. The molecule has 0 radical (unpaired) electrons. The summed E-state index contributed by atoms with van der Waals surface area (Å²) < 4.78 is 0. The van der Waals surface area contributed by atoms with Crippen LogP contribution in [0.25, 0.3) is 11.0 Å². The molecule has 0 aliphatic carbocycles. The number of hydrogen-bond acceptors (Lipinski definition) is 4. The van der Waals surface area contributed by atoms with Crippen LogP contribution in [0.2, 0.25) is 0 Å². The van der Waals surface area contributed by atoms with E-state index in [2.05, 4.69) is 21.8 Å². The van der Waals surface area contributed by atoms with Crippen molar-refractivity contribution in [3.63, 3.8) is 0 Å². The molecule has 2 aromatic rings. The van der Waals surface area contributed by atoms with Crippen molar-refractivity contribution in [1.82, 2.24) is 9.97 Å². The number of amides is 1. The molecular weight excluding hydrogens is 240 g/mol. The Bertz CT molecular complexity index is 668. The zero-order valence-electron chi connectivity index (χ0n) is 11.1. The zero-order chi connectivity index (χ0) is 13.6. The van der Waals surface area contributed by atoms with Crippen molar-refractivity contribution in [3.05, 3.63) is 29.5 Å². The van der Waals surface area contributed by atoms with E-state index in [1.807, 2.05) is 13.0 Å². The van der Waals surface area contributed by atoms with Crippen LogP contribution >= 0.6 is 0 Å². The second-order valence-corrected chi connectivity index (χ2v) is 5.09. The summed E-state index contributed by atoms with van der Waals surface area (Å²) in [5, 5.41) is 0.853. The van der Waals surface area contributed by atoms with Crippen LogP contribution in [-0.2, 0) is 0 Å². The molecule has 98 valence electrons. The highest BCUT2D eigenvalue weighted by Gasteiger charge is 2.26. The van der Waals surface area contributed by atoms with Gasteiger partial charge in [-0.25, -0.2) is 9.97 Å². The number of rotatable bonds is 2. The molecule has 3 rings (SSSR count). The lowest BCUT2D eigenvalue weighted by molar-refractivity contribution is 0.1000. The van der Waals surface area contributed by atoms with Crippen molar-refractivity contribution in [2.24, 2.45) is 5.73 Å². The van der Waals surface area contributed by atoms with Crippen LogP contribution in [0.5, 0.6) is 0 Å². The second kappa shape index (κ2) is 4.19. The van der Waals surface area contributed by atoms with Gasteiger partial charge in [0.2, 0.25) is 5.91 Å². The maximum atomic E-state index is 11.2. The van der Waals surface area contributed by atoms with Crippen molar-refractivity contribution in [1.29, 1.82) is 0 Å². The lowest BCUT2D eigenvalue weighted by atomic mass is 10.0. The van der Waals surface area contributed by atoms with Gasteiger partial charge in [0.05, 0.1) is 5.56 Å². The van der Waals surface area contributed by atoms with Gasteiger partial charge in [0.25, 0.3) is 0 Å². The molecule has 1 aliphatic rings. The van der Waals surface area contributed by atoms with E-state index in [-0.39, 0.29) is 0 Å². The van der Waals surface area contributed by atoms with Crippen molar-refractivity contribution in [3.8, 4) is 0 Å². The van der Waals surface area contributed by atoms with Crippen molar-refractivity contribution < 1.29 is 4.79 Å². The van der Waals surface area contributed by atoms with Gasteiger partial charge >= 0.3 is 0 Å². The van der Waals surface area contributed by atoms with Gasteiger partial charge in [-0.2, -0.15) is 0 Å². The molecule has 5 heteroatoms. The molecule has 1 atom stereocenters. The number of carbonyl (C=O) groups excluding carboxylic acids is 1.